The number of likely N-dealkylation sites (N-methyl/N-ethyl adjacent to an activating group) is 1. The number of anilines is 1. The number of hydrogen-bond donors (Lipinski definition) is 7. The molecular formula is C36H51N7O9. The van der Waals surface area contributed by atoms with Crippen molar-refractivity contribution in [3.05, 3.63) is 60.2 Å². The number of imide groups is 1. The van der Waals surface area contributed by atoms with Gasteiger partial charge in [0, 0.05) is 31.4 Å². The third-order valence-electron chi connectivity index (χ3n) is 8.15. The molecule has 1 aliphatic heterocycles. The van der Waals surface area contributed by atoms with Crippen molar-refractivity contribution in [1.82, 2.24) is 26.2 Å². The third kappa shape index (κ3) is 13.0. The van der Waals surface area contributed by atoms with Crippen LogP contribution in [0.3, 0.4) is 0 Å². The summed E-state index contributed by atoms with van der Waals surface area (Å²) in [7, 11) is 1.59. The molecule has 0 saturated carbocycles. The first kappa shape index (κ1) is 41.5. The van der Waals surface area contributed by atoms with Gasteiger partial charge in [0.15, 0.2) is 12.7 Å². The smallest absolute Gasteiger partial charge is 0.264 e. The van der Waals surface area contributed by atoms with E-state index in [1.54, 1.807) is 61.6 Å². The number of hydrogen-bond acceptors (Lipinski definition) is 11. The van der Waals surface area contributed by atoms with Crippen LogP contribution < -0.4 is 36.6 Å². The summed E-state index contributed by atoms with van der Waals surface area (Å²) in [6, 6.07) is 11.8. The number of ether oxygens (including phenoxy) is 1. The van der Waals surface area contributed by atoms with Crippen molar-refractivity contribution in [2.75, 3.05) is 44.8 Å². The van der Waals surface area contributed by atoms with Crippen LogP contribution >= 0.6 is 0 Å². The lowest BCUT2D eigenvalue weighted by Crippen LogP contribution is -2.58. The van der Waals surface area contributed by atoms with Crippen LogP contribution in [0.2, 0.25) is 0 Å². The van der Waals surface area contributed by atoms with E-state index in [4.69, 9.17) is 15.6 Å². The molecule has 1 heterocycles. The van der Waals surface area contributed by atoms with Crippen LogP contribution in [0.1, 0.15) is 45.6 Å². The molecule has 16 nitrogen and oxygen atoms in total. The molecule has 0 unspecified atom stereocenters. The van der Waals surface area contributed by atoms with Crippen LogP contribution in [0.25, 0.3) is 0 Å². The van der Waals surface area contributed by atoms with E-state index in [0.717, 1.165) is 0 Å². The van der Waals surface area contributed by atoms with E-state index < -0.39 is 66.4 Å². The Morgan fingerprint density at radius 1 is 1.02 bits per heavy atom. The van der Waals surface area contributed by atoms with Crippen molar-refractivity contribution in [3.8, 4) is 5.75 Å². The molecule has 284 valence electrons. The summed E-state index contributed by atoms with van der Waals surface area (Å²) in [6.07, 6.45) is -1.26. The number of nitrogens with one attached hydrogen (secondary N) is 4. The van der Waals surface area contributed by atoms with Crippen LogP contribution in [0.5, 0.6) is 5.75 Å². The third-order valence-corrected chi connectivity index (χ3v) is 8.15. The highest BCUT2D eigenvalue weighted by molar-refractivity contribution is 5.98. The van der Waals surface area contributed by atoms with Gasteiger partial charge in [0.1, 0.15) is 11.8 Å². The number of carbonyl (C=O) groups excluding carboxylic acids is 6. The maximum Gasteiger partial charge on any atom is 0.264 e. The average Bonchev–Trinajstić information content (AvgIpc) is 3.60. The number of nitrogens with two attached hydrogens (primary N) is 1. The molecule has 2 aromatic carbocycles. The summed E-state index contributed by atoms with van der Waals surface area (Å²) < 4.78 is 5.43. The highest BCUT2D eigenvalue weighted by Gasteiger charge is 2.40. The topological polar surface area (TPSA) is 233 Å². The second-order valence-electron chi connectivity index (χ2n) is 13.6. The Bertz CT molecular complexity index is 1530. The van der Waals surface area contributed by atoms with Gasteiger partial charge >= 0.3 is 0 Å². The van der Waals surface area contributed by atoms with E-state index in [2.05, 4.69) is 21.3 Å². The molecule has 52 heavy (non-hydrogen) atoms. The summed E-state index contributed by atoms with van der Waals surface area (Å²) in [5.74, 6) is -3.43. The van der Waals surface area contributed by atoms with Gasteiger partial charge in [-0.05, 0) is 69.9 Å². The fourth-order valence-electron chi connectivity index (χ4n) is 5.48. The van der Waals surface area contributed by atoms with Crippen molar-refractivity contribution in [2.24, 2.45) is 5.73 Å². The molecule has 4 atom stereocenters. The summed E-state index contributed by atoms with van der Waals surface area (Å²) in [5, 5.41) is 30.5. The van der Waals surface area contributed by atoms with E-state index in [0.29, 0.717) is 36.4 Å². The zero-order valence-electron chi connectivity index (χ0n) is 30.1. The Kier molecular flexibility index (Phi) is 15.7. The number of aliphatic hydroxyl groups is 2. The van der Waals surface area contributed by atoms with Gasteiger partial charge in [0.2, 0.25) is 23.6 Å². The van der Waals surface area contributed by atoms with Crippen LogP contribution in [-0.4, -0.2) is 120 Å². The number of rotatable bonds is 17. The fraction of sp³-hybridized carbons (Fsp3) is 0.500. The van der Waals surface area contributed by atoms with Gasteiger partial charge in [0.05, 0.1) is 31.7 Å². The van der Waals surface area contributed by atoms with Crippen molar-refractivity contribution in [1.29, 1.82) is 0 Å². The fourth-order valence-corrected chi connectivity index (χ4v) is 5.48. The van der Waals surface area contributed by atoms with Crippen LogP contribution in [0.4, 0.5) is 5.69 Å². The molecule has 1 saturated heterocycles. The second kappa shape index (κ2) is 19.6. The van der Waals surface area contributed by atoms with Gasteiger partial charge in [-0.25, -0.2) is 0 Å². The van der Waals surface area contributed by atoms with Crippen molar-refractivity contribution < 1.29 is 43.7 Å². The SMILES string of the molecule is CN(C(=O)CNCCO)c1ccc(OCC(=O)NC(=O)C[C@H](N)C(=O)N[C@@H](Cc2ccccc2)[C@H](O)C(=O)N2CCC[C@H]2C(=O)NC(C)(C)C)cc1. The first-order valence-electron chi connectivity index (χ1n) is 17.1. The number of amides is 6. The maximum atomic E-state index is 13.6. The maximum absolute atomic E-state index is 13.6. The van der Waals surface area contributed by atoms with Crippen molar-refractivity contribution >= 4 is 41.1 Å². The van der Waals surface area contributed by atoms with Crippen molar-refractivity contribution in [3.63, 3.8) is 0 Å². The molecule has 8 N–H and O–H groups in total. The van der Waals surface area contributed by atoms with Gasteiger partial charge in [0.25, 0.3) is 11.8 Å². The van der Waals surface area contributed by atoms with E-state index >= 15 is 0 Å². The number of nitrogens with zero attached hydrogens (tertiary/aromatic N) is 2. The molecule has 3 rings (SSSR count). The monoisotopic (exact) mass is 725 g/mol. The minimum atomic E-state index is -1.73. The summed E-state index contributed by atoms with van der Waals surface area (Å²) in [6.45, 7) is 5.47. The molecule has 0 bridgehead atoms. The van der Waals surface area contributed by atoms with Gasteiger partial charge in [-0.2, -0.15) is 0 Å². The largest absolute Gasteiger partial charge is 0.484 e. The zero-order chi connectivity index (χ0) is 38.4. The van der Waals surface area contributed by atoms with Gasteiger partial charge in [-0.15, -0.1) is 0 Å². The Balaban J connectivity index is 1.55. The summed E-state index contributed by atoms with van der Waals surface area (Å²) in [5.41, 5.74) is 6.78. The quantitative estimate of drug-likeness (QED) is 0.0975. The van der Waals surface area contributed by atoms with E-state index in [9.17, 15) is 33.9 Å². The molecule has 2 aromatic rings. The summed E-state index contributed by atoms with van der Waals surface area (Å²) in [4.78, 5) is 79.7. The summed E-state index contributed by atoms with van der Waals surface area (Å²) >= 11 is 0. The number of benzene rings is 2. The Labute approximate surface area is 303 Å². The molecule has 6 amide bonds. The number of carbonyl (C=O) groups is 6. The van der Waals surface area contributed by atoms with Crippen LogP contribution in [0, 0.1) is 0 Å². The number of likely N-dealkylation sites (tertiary alicyclic amines) is 1. The highest BCUT2D eigenvalue weighted by Crippen LogP contribution is 2.22. The lowest BCUT2D eigenvalue weighted by Gasteiger charge is -2.32. The van der Waals surface area contributed by atoms with E-state index in [1.807, 2.05) is 20.8 Å². The standard InChI is InChI=1S/C36H51N7O9/c1-36(2,3)41-34(50)28-11-8-17-43(28)35(51)32(48)27(19-23-9-6-5-7-10-23)39-33(49)26(37)20-29(45)40-30(46)22-52-25-14-12-24(13-15-25)42(4)31(47)21-38-16-18-44/h5-7,9-10,12-15,26-28,32,38,44,48H,8,11,16-22,37H2,1-4H3,(H,39,49)(H,41,50)(H,40,45,46)/t26-,27-,28-,32-/m0/s1. The van der Waals surface area contributed by atoms with Gasteiger partial charge in [-0.3, -0.25) is 34.1 Å². The zero-order valence-corrected chi connectivity index (χ0v) is 30.1. The molecule has 1 aliphatic rings. The minimum Gasteiger partial charge on any atom is -0.484 e. The molecule has 0 aliphatic carbocycles. The first-order chi connectivity index (χ1) is 24.6. The van der Waals surface area contributed by atoms with E-state index in [-0.39, 0.29) is 37.9 Å². The predicted molar refractivity (Wildman–Crippen MR) is 192 cm³/mol. The highest BCUT2D eigenvalue weighted by atomic mass is 16.5. The lowest BCUT2D eigenvalue weighted by molar-refractivity contribution is -0.147. The first-order valence-corrected chi connectivity index (χ1v) is 17.1. The van der Waals surface area contributed by atoms with E-state index in [1.165, 1.54) is 9.80 Å². The molecular weight excluding hydrogens is 674 g/mol. The van der Waals surface area contributed by atoms with Gasteiger partial charge < -0.3 is 46.4 Å². The number of aliphatic hydroxyl groups excluding tert-OH is 2. The second-order valence-corrected chi connectivity index (χ2v) is 13.6. The predicted octanol–water partition coefficient (Wildman–Crippen LogP) is -1.04. The Hall–Kier alpha value is -4.90. The van der Waals surface area contributed by atoms with Crippen molar-refractivity contribution in [2.45, 2.75) is 76.2 Å². The normalized spacial score (nSPS) is 15.9. The Morgan fingerprint density at radius 3 is 2.33 bits per heavy atom. The van der Waals surface area contributed by atoms with Gasteiger partial charge in [-0.1, -0.05) is 30.3 Å². The minimum absolute atomic E-state index is 0.0448. The Morgan fingerprint density at radius 2 is 1.69 bits per heavy atom. The molecule has 0 spiro atoms. The average molecular weight is 726 g/mol. The van der Waals surface area contributed by atoms with Crippen LogP contribution in [0.15, 0.2) is 54.6 Å². The molecule has 1 fully saturated rings. The molecule has 0 aromatic heterocycles. The van der Waals surface area contributed by atoms with Crippen LogP contribution in [-0.2, 0) is 35.2 Å². The molecule has 16 heteroatoms. The lowest BCUT2D eigenvalue weighted by atomic mass is 9.99. The molecule has 0 radical (unpaired) electrons.